The third-order valence-electron chi connectivity index (χ3n) is 6.28. The molecule has 0 unspecified atom stereocenters. The van der Waals surface area contributed by atoms with E-state index < -0.39 is 6.10 Å². The highest BCUT2D eigenvalue weighted by Gasteiger charge is 2.43. The normalized spacial score (nSPS) is 30.2. The van der Waals surface area contributed by atoms with Crippen molar-refractivity contribution in [2.75, 3.05) is 7.11 Å². The van der Waals surface area contributed by atoms with E-state index >= 15 is 0 Å². The Morgan fingerprint density at radius 2 is 2.08 bits per heavy atom. The van der Waals surface area contributed by atoms with Gasteiger partial charge in [-0.25, -0.2) is 0 Å². The van der Waals surface area contributed by atoms with Crippen LogP contribution in [0.1, 0.15) is 37.4 Å². The molecule has 0 spiro atoms. The first-order chi connectivity index (χ1) is 11.7. The first kappa shape index (κ1) is 15.6. The second-order valence-electron chi connectivity index (χ2n) is 7.36. The van der Waals surface area contributed by atoms with Crippen molar-refractivity contribution in [3.63, 3.8) is 0 Å². The Morgan fingerprint density at radius 1 is 1.25 bits per heavy atom. The van der Waals surface area contributed by atoms with Crippen LogP contribution in [0, 0.1) is 23.7 Å². The molecule has 0 radical (unpaired) electrons. The topological polar surface area (TPSA) is 42.4 Å². The summed E-state index contributed by atoms with van der Waals surface area (Å²) in [5.41, 5.74) is 1.91. The number of aliphatic hydroxyl groups is 1. The van der Waals surface area contributed by atoms with Gasteiger partial charge in [0.1, 0.15) is 5.75 Å². The Hall–Kier alpha value is -1.87. The lowest BCUT2D eigenvalue weighted by Gasteiger charge is -2.48. The van der Waals surface area contributed by atoms with Crippen LogP contribution in [-0.2, 0) is 0 Å². The number of benzene rings is 1. The van der Waals surface area contributed by atoms with Crippen LogP contribution in [0.4, 0.5) is 0 Å². The zero-order valence-electron chi connectivity index (χ0n) is 14.2. The van der Waals surface area contributed by atoms with E-state index in [-0.39, 0.29) is 0 Å². The molecule has 0 amide bonds. The van der Waals surface area contributed by atoms with Gasteiger partial charge in [-0.3, -0.25) is 4.98 Å². The van der Waals surface area contributed by atoms with Crippen LogP contribution in [0.3, 0.4) is 0 Å². The Bertz CT molecular complexity index is 757. The largest absolute Gasteiger partial charge is 0.497 e. The maximum atomic E-state index is 11.2. The van der Waals surface area contributed by atoms with Crippen molar-refractivity contribution in [2.45, 2.75) is 31.8 Å². The summed E-state index contributed by atoms with van der Waals surface area (Å²) in [7, 11) is 1.67. The lowest BCUT2D eigenvalue weighted by atomic mass is 9.58. The van der Waals surface area contributed by atoms with Crippen LogP contribution >= 0.6 is 0 Å². The molecular weight excluding hydrogens is 298 g/mol. The molecule has 3 nitrogen and oxygen atoms in total. The number of nitrogens with zero attached hydrogens (tertiary/aromatic N) is 1. The third-order valence-corrected chi connectivity index (χ3v) is 6.28. The molecule has 1 aromatic heterocycles. The van der Waals surface area contributed by atoms with E-state index in [0.29, 0.717) is 23.7 Å². The zero-order valence-corrected chi connectivity index (χ0v) is 14.2. The number of aliphatic hydroxyl groups excluding tert-OH is 1. The number of ether oxygens (including phenoxy) is 1. The van der Waals surface area contributed by atoms with Crippen LogP contribution < -0.4 is 4.74 Å². The maximum absolute atomic E-state index is 11.2. The van der Waals surface area contributed by atoms with E-state index in [1.54, 1.807) is 13.3 Å². The first-order valence-corrected chi connectivity index (χ1v) is 8.94. The van der Waals surface area contributed by atoms with E-state index in [2.05, 4.69) is 17.6 Å². The Kier molecular flexibility index (Phi) is 4.05. The molecule has 1 N–H and O–H groups in total. The summed E-state index contributed by atoms with van der Waals surface area (Å²) in [6.07, 6.45) is 8.32. The number of fused-ring (bicyclic) bond motifs is 4. The molecular formula is C21H25NO2. The Morgan fingerprint density at radius 3 is 2.79 bits per heavy atom. The summed E-state index contributed by atoms with van der Waals surface area (Å²) in [6, 6.07) is 7.85. The summed E-state index contributed by atoms with van der Waals surface area (Å²) in [6.45, 7) is 4.01. The zero-order chi connectivity index (χ0) is 16.7. The Balaban J connectivity index is 1.69. The maximum Gasteiger partial charge on any atom is 0.119 e. The first-order valence-electron chi connectivity index (χ1n) is 8.94. The fourth-order valence-corrected chi connectivity index (χ4v) is 4.96. The SMILES string of the molecule is C=C[C@H]1C[C@@H]2CC[C@H]1C[C@@H]2[C@@H](O)c1ccnc2ccc(OC)cc12. The monoisotopic (exact) mass is 323 g/mol. The molecule has 3 aliphatic carbocycles. The van der Waals surface area contributed by atoms with Gasteiger partial charge in [-0.15, -0.1) is 6.58 Å². The molecule has 2 bridgehead atoms. The van der Waals surface area contributed by atoms with Crippen molar-refractivity contribution in [2.24, 2.45) is 23.7 Å². The van der Waals surface area contributed by atoms with Crippen molar-refractivity contribution in [1.29, 1.82) is 0 Å². The van der Waals surface area contributed by atoms with E-state index in [0.717, 1.165) is 28.6 Å². The molecule has 3 aliphatic rings. The van der Waals surface area contributed by atoms with Crippen molar-refractivity contribution >= 4 is 10.9 Å². The van der Waals surface area contributed by atoms with Crippen LogP contribution in [0.15, 0.2) is 43.1 Å². The van der Waals surface area contributed by atoms with Crippen molar-refractivity contribution in [1.82, 2.24) is 4.98 Å². The molecule has 1 heterocycles. The predicted molar refractivity (Wildman–Crippen MR) is 95.9 cm³/mol. The molecule has 24 heavy (non-hydrogen) atoms. The number of pyridine rings is 1. The molecule has 5 atom stereocenters. The highest BCUT2D eigenvalue weighted by Crippen LogP contribution is 2.52. The van der Waals surface area contributed by atoms with Crippen LogP contribution in [-0.4, -0.2) is 17.2 Å². The highest BCUT2D eigenvalue weighted by atomic mass is 16.5. The van der Waals surface area contributed by atoms with Crippen LogP contribution in [0.25, 0.3) is 10.9 Å². The van der Waals surface area contributed by atoms with Gasteiger partial charge in [0.05, 0.1) is 18.7 Å². The number of methoxy groups -OCH3 is 1. The van der Waals surface area contributed by atoms with Crippen molar-refractivity contribution in [3.8, 4) is 5.75 Å². The number of aromatic nitrogens is 1. The standard InChI is InChI=1S/C21H25NO2/c1-3-13-10-15-5-4-14(13)11-18(15)21(23)17-8-9-22-20-7-6-16(24-2)12-19(17)20/h3,6-9,12-15,18,21,23H,1,4-5,10-11H2,2H3/t13-,14-,15-,18-,21-/m0/s1. The molecule has 2 aromatic rings. The fraction of sp³-hybridized carbons (Fsp3) is 0.476. The molecule has 126 valence electrons. The van der Waals surface area contributed by atoms with Gasteiger partial charge in [0.2, 0.25) is 0 Å². The second kappa shape index (κ2) is 6.21. The fourth-order valence-electron chi connectivity index (χ4n) is 4.96. The van der Waals surface area contributed by atoms with Crippen LogP contribution in [0.5, 0.6) is 5.75 Å². The van der Waals surface area contributed by atoms with Gasteiger partial charge in [-0.05, 0) is 79.2 Å². The molecule has 0 saturated heterocycles. The predicted octanol–water partition coefficient (Wildman–Crippen LogP) is 4.52. The van der Waals surface area contributed by atoms with Gasteiger partial charge in [-0.1, -0.05) is 6.08 Å². The van der Waals surface area contributed by atoms with Gasteiger partial charge in [0.25, 0.3) is 0 Å². The minimum Gasteiger partial charge on any atom is -0.497 e. The van der Waals surface area contributed by atoms with Gasteiger partial charge in [-0.2, -0.15) is 0 Å². The van der Waals surface area contributed by atoms with Gasteiger partial charge in [0.15, 0.2) is 0 Å². The van der Waals surface area contributed by atoms with E-state index in [1.807, 2.05) is 24.3 Å². The van der Waals surface area contributed by atoms with Crippen LogP contribution in [0.2, 0.25) is 0 Å². The summed E-state index contributed by atoms with van der Waals surface area (Å²) in [5, 5.41) is 12.2. The number of hydrogen-bond donors (Lipinski definition) is 1. The summed E-state index contributed by atoms with van der Waals surface area (Å²) in [4.78, 5) is 4.44. The molecule has 1 aromatic carbocycles. The van der Waals surface area contributed by atoms with Gasteiger partial charge >= 0.3 is 0 Å². The van der Waals surface area contributed by atoms with Gasteiger partial charge in [0, 0.05) is 11.6 Å². The third kappa shape index (κ3) is 2.51. The molecule has 0 aliphatic heterocycles. The summed E-state index contributed by atoms with van der Waals surface area (Å²) < 4.78 is 5.36. The lowest BCUT2D eigenvalue weighted by molar-refractivity contribution is -0.0217. The summed E-state index contributed by atoms with van der Waals surface area (Å²) in [5.74, 6) is 3.08. The highest BCUT2D eigenvalue weighted by molar-refractivity contribution is 5.83. The Labute approximate surface area is 143 Å². The molecule has 3 heteroatoms. The van der Waals surface area contributed by atoms with E-state index in [4.69, 9.17) is 4.74 Å². The van der Waals surface area contributed by atoms with Crippen molar-refractivity contribution in [3.05, 3.63) is 48.7 Å². The molecule has 3 saturated carbocycles. The number of allylic oxidation sites excluding steroid dienone is 1. The lowest BCUT2D eigenvalue weighted by Crippen LogP contribution is -2.39. The summed E-state index contributed by atoms with van der Waals surface area (Å²) >= 11 is 0. The average molecular weight is 323 g/mol. The average Bonchev–Trinajstić information content (AvgIpc) is 2.66. The minimum absolute atomic E-state index is 0.344. The van der Waals surface area contributed by atoms with Gasteiger partial charge < -0.3 is 9.84 Å². The van der Waals surface area contributed by atoms with Crippen molar-refractivity contribution < 1.29 is 9.84 Å². The number of hydrogen-bond acceptors (Lipinski definition) is 3. The van der Waals surface area contributed by atoms with E-state index in [1.165, 1.54) is 19.3 Å². The van der Waals surface area contributed by atoms with E-state index in [9.17, 15) is 5.11 Å². The molecule has 3 fully saturated rings. The second-order valence-corrected chi connectivity index (χ2v) is 7.36. The smallest absolute Gasteiger partial charge is 0.119 e. The quantitative estimate of drug-likeness (QED) is 0.842. The number of rotatable bonds is 4. The minimum atomic E-state index is -0.429. The molecule has 5 rings (SSSR count).